The van der Waals surface area contributed by atoms with Crippen LogP contribution in [0.3, 0.4) is 0 Å². The summed E-state index contributed by atoms with van der Waals surface area (Å²) in [4.78, 5) is 26.2. The molecule has 0 saturated carbocycles. The van der Waals surface area contributed by atoms with E-state index in [4.69, 9.17) is 21.7 Å². The zero-order valence-electron chi connectivity index (χ0n) is 15.1. The van der Waals surface area contributed by atoms with Crippen molar-refractivity contribution in [2.24, 2.45) is 0 Å². The Hall–Kier alpha value is -2.02. The minimum atomic E-state index is 0.0977. The van der Waals surface area contributed by atoms with Gasteiger partial charge in [0.05, 0.1) is 17.9 Å². The lowest BCUT2D eigenvalue weighted by Crippen LogP contribution is -2.47. The van der Waals surface area contributed by atoms with E-state index in [0.717, 1.165) is 43.9 Å². The highest BCUT2D eigenvalue weighted by molar-refractivity contribution is 6.30. The molecule has 0 spiro atoms. The summed E-state index contributed by atoms with van der Waals surface area (Å²) in [5.74, 6) is 0.894. The molecule has 1 aliphatic carbocycles. The number of β-amino-alcohol motifs (C(OH)–C–C–N with tert-alkyl or cyclic N) is 1. The third-order valence-corrected chi connectivity index (χ3v) is 5.65. The van der Waals surface area contributed by atoms with Gasteiger partial charge in [0.2, 0.25) is 5.95 Å². The molecule has 1 atom stereocenters. The minimum absolute atomic E-state index is 0.0977. The molecule has 1 fully saturated rings. The van der Waals surface area contributed by atoms with Crippen molar-refractivity contribution in [2.45, 2.75) is 18.8 Å². The molecule has 2 aromatic rings. The first-order valence-corrected chi connectivity index (χ1v) is 9.74. The molecule has 2 heterocycles. The van der Waals surface area contributed by atoms with E-state index in [1.54, 1.807) is 6.20 Å². The van der Waals surface area contributed by atoms with Crippen LogP contribution in [0.4, 0.5) is 5.95 Å². The van der Waals surface area contributed by atoms with Gasteiger partial charge in [-0.15, -0.1) is 0 Å². The van der Waals surface area contributed by atoms with Gasteiger partial charge in [-0.2, -0.15) is 0 Å². The Morgan fingerprint density at radius 3 is 2.74 bits per heavy atom. The van der Waals surface area contributed by atoms with Crippen molar-refractivity contribution < 1.29 is 9.90 Å². The summed E-state index contributed by atoms with van der Waals surface area (Å²) in [6.07, 6.45) is 2.88. The van der Waals surface area contributed by atoms with E-state index >= 15 is 0 Å². The molecule has 1 aliphatic heterocycles. The number of nitrogens with zero attached hydrogens (tertiary/aromatic N) is 4. The predicted molar refractivity (Wildman–Crippen MR) is 105 cm³/mol. The monoisotopic (exact) mass is 386 g/mol. The van der Waals surface area contributed by atoms with Crippen LogP contribution in [-0.4, -0.2) is 65.1 Å². The highest BCUT2D eigenvalue weighted by Crippen LogP contribution is 2.33. The van der Waals surface area contributed by atoms with Crippen molar-refractivity contribution >= 4 is 23.3 Å². The first-order chi connectivity index (χ1) is 13.1. The van der Waals surface area contributed by atoms with E-state index in [9.17, 15) is 4.79 Å². The average Bonchev–Trinajstić information content (AvgIpc) is 2.68. The summed E-state index contributed by atoms with van der Waals surface area (Å²) in [6, 6.07) is 7.74. The SMILES string of the molecule is O=C1CC(c2cccc(Cl)c2)Cc2nc(N3CCN(CCO)CC3)ncc21. The number of benzene rings is 1. The van der Waals surface area contributed by atoms with Gasteiger partial charge in [0.1, 0.15) is 0 Å². The number of aliphatic hydroxyl groups is 1. The number of rotatable bonds is 4. The largest absolute Gasteiger partial charge is 0.395 e. The first-order valence-electron chi connectivity index (χ1n) is 9.37. The molecule has 1 aromatic carbocycles. The van der Waals surface area contributed by atoms with Crippen LogP contribution in [0, 0.1) is 0 Å². The molecule has 6 nitrogen and oxygen atoms in total. The molecule has 0 radical (unpaired) electrons. The highest BCUT2D eigenvalue weighted by Gasteiger charge is 2.29. The second kappa shape index (κ2) is 7.92. The van der Waals surface area contributed by atoms with Gasteiger partial charge in [-0.25, -0.2) is 9.97 Å². The predicted octanol–water partition coefficient (Wildman–Crippen LogP) is 2.16. The van der Waals surface area contributed by atoms with E-state index in [1.807, 2.05) is 24.3 Å². The molecule has 2 aliphatic rings. The van der Waals surface area contributed by atoms with Crippen LogP contribution in [0.25, 0.3) is 0 Å². The smallest absolute Gasteiger partial charge is 0.225 e. The Bertz CT molecular complexity index is 836. The van der Waals surface area contributed by atoms with Crippen molar-refractivity contribution in [3.05, 3.63) is 52.3 Å². The first kappa shape index (κ1) is 18.3. The van der Waals surface area contributed by atoms with Gasteiger partial charge in [0, 0.05) is 50.4 Å². The lowest BCUT2D eigenvalue weighted by atomic mass is 9.82. The van der Waals surface area contributed by atoms with E-state index in [0.29, 0.717) is 29.5 Å². The van der Waals surface area contributed by atoms with Crippen LogP contribution in [0.15, 0.2) is 30.5 Å². The maximum atomic E-state index is 12.6. The van der Waals surface area contributed by atoms with Gasteiger partial charge in [0.25, 0.3) is 0 Å². The number of ketones is 1. The Morgan fingerprint density at radius 2 is 2.00 bits per heavy atom. The fourth-order valence-corrected chi connectivity index (χ4v) is 4.09. The Morgan fingerprint density at radius 1 is 1.19 bits per heavy atom. The van der Waals surface area contributed by atoms with Gasteiger partial charge >= 0.3 is 0 Å². The zero-order chi connectivity index (χ0) is 18.8. The Kier molecular flexibility index (Phi) is 5.38. The third kappa shape index (κ3) is 3.98. The number of piperazine rings is 1. The summed E-state index contributed by atoms with van der Waals surface area (Å²) in [5, 5.41) is 9.76. The van der Waals surface area contributed by atoms with Crippen LogP contribution in [0.2, 0.25) is 5.02 Å². The number of hydrogen-bond donors (Lipinski definition) is 1. The van der Waals surface area contributed by atoms with Crippen molar-refractivity contribution in [1.82, 2.24) is 14.9 Å². The van der Waals surface area contributed by atoms with E-state index < -0.39 is 0 Å². The lowest BCUT2D eigenvalue weighted by Gasteiger charge is -2.34. The minimum Gasteiger partial charge on any atom is -0.395 e. The third-order valence-electron chi connectivity index (χ3n) is 5.42. The molecule has 0 bridgehead atoms. The van der Waals surface area contributed by atoms with Crippen LogP contribution in [-0.2, 0) is 6.42 Å². The van der Waals surface area contributed by atoms with Gasteiger partial charge in [-0.05, 0) is 30.0 Å². The maximum absolute atomic E-state index is 12.6. The average molecular weight is 387 g/mol. The van der Waals surface area contributed by atoms with Crippen LogP contribution < -0.4 is 4.90 Å². The number of hydrogen-bond acceptors (Lipinski definition) is 6. The number of Topliss-reactive ketones (excluding diaryl/α,β-unsaturated/α-hetero) is 1. The summed E-state index contributed by atoms with van der Waals surface area (Å²) < 4.78 is 0. The quantitative estimate of drug-likeness (QED) is 0.868. The fraction of sp³-hybridized carbons (Fsp3) is 0.450. The van der Waals surface area contributed by atoms with E-state index in [-0.39, 0.29) is 18.3 Å². The molecule has 0 amide bonds. The fourth-order valence-electron chi connectivity index (χ4n) is 3.90. The number of carbonyl (C=O) groups excluding carboxylic acids is 1. The highest BCUT2D eigenvalue weighted by atomic mass is 35.5. The standard InChI is InChI=1S/C20H23ClN4O2/c21-16-3-1-2-14(10-16)15-11-18-17(19(27)12-15)13-22-20(23-18)25-6-4-24(5-7-25)8-9-26/h1-3,10,13,15,26H,4-9,11-12H2. The van der Waals surface area contributed by atoms with Gasteiger partial charge in [-0.3, -0.25) is 9.69 Å². The van der Waals surface area contributed by atoms with Crippen molar-refractivity contribution in [3.8, 4) is 0 Å². The van der Waals surface area contributed by atoms with Gasteiger partial charge in [0.15, 0.2) is 5.78 Å². The Labute approximate surface area is 163 Å². The number of carbonyl (C=O) groups is 1. The molecule has 1 saturated heterocycles. The zero-order valence-corrected chi connectivity index (χ0v) is 15.9. The molecule has 142 valence electrons. The van der Waals surface area contributed by atoms with Crippen LogP contribution in [0.1, 0.15) is 34.0 Å². The molecule has 1 N–H and O–H groups in total. The van der Waals surface area contributed by atoms with Crippen LogP contribution >= 0.6 is 11.6 Å². The summed E-state index contributed by atoms with van der Waals surface area (Å²) in [5.41, 5.74) is 2.56. The number of aromatic nitrogens is 2. The van der Waals surface area contributed by atoms with E-state index in [1.165, 1.54) is 0 Å². The second-order valence-corrected chi connectivity index (χ2v) is 7.60. The van der Waals surface area contributed by atoms with Crippen molar-refractivity contribution in [1.29, 1.82) is 0 Å². The van der Waals surface area contributed by atoms with Crippen molar-refractivity contribution in [3.63, 3.8) is 0 Å². The molecule has 27 heavy (non-hydrogen) atoms. The summed E-state index contributed by atoms with van der Waals surface area (Å²) in [6.45, 7) is 4.29. The van der Waals surface area contributed by atoms with Crippen molar-refractivity contribution in [2.75, 3.05) is 44.2 Å². The van der Waals surface area contributed by atoms with Gasteiger partial charge in [-0.1, -0.05) is 23.7 Å². The lowest BCUT2D eigenvalue weighted by molar-refractivity contribution is 0.0962. The van der Waals surface area contributed by atoms with Crippen LogP contribution in [0.5, 0.6) is 0 Å². The summed E-state index contributed by atoms with van der Waals surface area (Å²) in [7, 11) is 0. The number of halogens is 1. The van der Waals surface area contributed by atoms with Gasteiger partial charge < -0.3 is 10.0 Å². The summed E-state index contributed by atoms with van der Waals surface area (Å²) >= 11 is 6.12. The number of anilines is 1. The molecule has 4 rings (SSSR count). The molecular weight excluding hydrogens is 364 g/mol. The van der Waals surface area contributed by atoms with E-state index in [2.05, 4.69) is 14.8 Å². The number of aliphatic hydroxyl groups excluding tert-OH is 1. The molecule has 7 heteroatoms. The molecule has 1 aromatic heterocycles. The number of fused-ring (bicyclic) bond motifs is 1. The second-order valence-electron chi connectivity index (χ2n) is 7.17. The normalized spacial score (nSPS) is 20.6. The Balaban J connectivity index is 1.53. The topological polar surface area (TPSA) is 69.6 Å². The molecule has 1 unspecified atom stereocenters. The molecular formula is C20H23ClN4O2. The maximum Gasteiger partial charge on any atom is 0.225 e.